The van der Waals surface area contributed by atoms with Gasteiger partial charge < -0.3 is 4.90 Å². The van der Waals surface area contributed by atoms with E-state index >= 15 is 0 Å². The SMILES string of the molecule is CCCCc1ccc(S(=O)(=O)N2CCN(C(=O)c3sc4cc(Cl)ccc4c3Cl)CC2)cc1. The smallest absolute Gasteiger partial charge is 0.265 e. The number of unbranched alkanes of at least 4 members (excludes halogenated alkanes) is 1. The van der Waals surface area contributed by atoms with Gasteiger partial charge in [0, 0.05) is 41.3 Å². The molecule has 4 rings (SSSR count). The van der Waals surface area contributed by atoms with E-state index in [0.717, 1.165) is 34.9 Å². The van der Waals surface area contributed by atoms with E-state index in [0.29, 0.717) is 32.9 Å². The van der Waals surface area contributed by atoms with Crippen molar-refractivity contribution in [2.75, 3.05) is 26.2 Å². The molecule has 0 aliphatic carbocycles. The third-order valence-corrected chi connectivity index (χ3v) is 9.48. The van der Waals surface area contributed by atoms with Crippen LogP contribution in [0.25, 0.3) is 10.1 Å². The largest absolute Gasteiger partial charge is 0.335 e. The highest BCUT2D eigenvalue weighted by molar-refractivity contribution is 7.89. The first-order valence-electron chi connectivity index (χ1n) is 10.6. The summed E-state index contributed by atoms with van der Waals surface area (Å²) in [6.07, 6.45) is 3.13. The summed E-state index contributed by atoms with van der Waals surface area (Å²) in [4.78, 5) is 15.5. The fourth-order valence-corrected chi connectivity index (χ4v) is 6.99. The van der Waals surface area contributed by atoms with Crippen LogP contribution in [-0.4, -0.2) is 49.7 Å². The lowest BCUT2D eigenvalue weighted by molar-refractivity contribution is 0.0703. The van der Waals surface area contributed by atoms with Crippen LogP contribution in [0.2, 0.25) is 10.0 Å². The van der Waals surface area contributed by atoms with Gasteiger partial charge in [-0.1, -0.05) is 54.7 Å². The highest BCUT2D eigenvalue weighted by Crippen LogP contribution is 2.37. The molecule has 0 radical (unpaired) electrons. The molecule has 2 aromatic carbocycles. The number of sulfonamides is 1. The fourth-order valence-electron chi connectivity index (χ4n) is 3.81. The number of rotatable bonds is 6. The fraction of sp³-hybridized carbons (Fsp3) is 0.348. The summed E-state index contributed by atoms with van der Waals surface area (Å²) in [5, 5.41) is 1.81. The third kappa shape index (κ3) is 4.68. The van der Waals surface area contributed by atoms with Crippen molar-refractivity contribution in [3.05, 3.63) is 63.0 Å². The van der Waals surface area contributed by atoms with Gasteiger partial charge in [0.2, 0.25) is 10.0 Å². The summed E-state index contributed by atoms with van der Waals surface area (Å²) >= 11 is 13.8. The lowest BCUT2D eigenvalue weighted by Gasteiger charge is -2.33. The van der Waals surface area contributed by atoms with Gasteiger partial charge in [0.25, 0.3) is 5.91 Å². The zero-order valence-corrected chi connectivity index (χ0v) is 20.8. The average Bonchev–Trinajstić information content (AvgIpc) is 3.13. The van der Waals surface area contributed by atoms with Crippen LogP contribution in [0.3, 0.4) is 0 Å². The van der Waals surface area contributed by atoms with Crippen LogP contribution >= 0.6 is 34.5 Å². The molecule has 1 aliphatic rings. The molecule has 0 unspecified atom stereocenters. The number of thiophene rings is 1. The predicted octanol–water partition coefficient (Wildman–Crippen LogP) is 5.70. The Morgan fingerprint density at radius 3 is 2.38 bits per heavy atom. The molecule has 0 atom stereocenters. The van der Waals surface area contributed by atoms with Gasteiger partial charge in [0.05, 0.1) is 9.92 Å². The highest BCUT2D eigenvalue weighted by Gasteiger charge is 2.31. The van der Waals surface area contributed by atoms with Gasteiger partial charge in [0.1, 0.15) is 4.88 Å². The number of hydrogen-bond acceptors (Lipinski definition) is 4. The van der Waals surface area contributed by atoms with E-state index in [4.69, 9.17) is 23.2 Å². The lowest BCUT2D eigenvalue weighted by Crippen LogP contribution is -2.50. The molecule has 32 heavy (non-hydrogen) atoms. The van der Waals surface area contributed by atoms with Crippen molar-refractivity contribution in [2.24, 2.45) is 0 Å². The predicted molar refractivity (Wildman–Crippen MR) is 132 cm³/mol. The minimum Gasteiger partial charge on any atom is -0.335 e. The van der Waals surface area contributed by atoms with Crippen molar-refractivity contribution in [3.8, 4) is 0 Å². The maximum absolute atomic E-state index is 13.1. The van der Waals surface area contributed by atoms with Crippen LogP contribution in [0, 0.1) is 0 Å². The van der Waals surface area contributed by atoms with Gasteiger partial charge in [-0.25, -0.2) is 8.42 Å². The Bertz CT molecular complexity index is 1230. The minimum absolute atomic E-state index is 0.176. The van der Waals surface area contributed by atoms with Crippen molar-refractivity contribution in [2.45, 2.75) is 31.1 Å². The molecule has 9 heteroatoms. The van der Waals surface area contributed by atoms with Gasteiger partial charge in [0.15, 0.2) is 0 Å². The number of aryl methyl sites for hydroxylation is 1. The van der Waals surface area contributed by atoms with Gasteiger partial charge in [-0.05, 0) is 42.7 Å². The standard InChI is InChI=1S/C23H24Cl2N2O3S2/c1-2-3-4-16-5-8-18(9-6-16)32(29,30)27-13-11-26(12-14-27)23(28)22-21(25)19-10-7-17(24)15-20(19)31-22/h5-10,15H,2-4,11-14H2,1H3. The van der Waals surface area contributed by atoms with E-state index < -0.39 is 10.0 Å². The molecule has 170 valence electrons. The molecule has 3 aromatic rings. The van der Waals surface area contributed by atoms with Crippen LogP contribution < -0.4 is 0 Å². The highest BCUT2D eigenvalue weighted by atomic mass is 35.5. The number of piperazine rings is 1. The molecule has 0 bridgehead atoms. The van der Waals surface area contributed by atoms with Crippen molar-refractivity contribution in [3.63, 3.8) is 0 Å². The molecule has 2 heterocycles. The van der Waals surface area contributed by atoms with Crippen LogP contribution in [0.4, 0.5) is 0 Å². The first-order valence-corrected chi connectivity index (χ1v) is 13.6. The maximum Gasteiger partial charge on any atom is 0.265 e. The number of benzene rings is 2. The summed E-state index contributed by atoms with van der Waals surface area (Å²) in [5.74, 6) is -0.176. The van der Waals surface area contributed by atoms with E-state index in [1.165, 1.54) is 15.6 Å². The van der Waals surface area contributed by atoms with Crippen LogP contribution in [0.1, 0.15) is 35.0 Å². The molecule has 0 saturated carbocycles. The monoisotopic (exact) mass is 510 g/mol. The van der Waals surface area contributed by atoms with E-state index in [1.54, 1.807) is 29.2 Å². The molecule has 1 aromatic heterocycles. The molecular weight excluding hydrogens is 487 g/mol. The van der Waals surface area contributed by atoms with Crippen LogP contribution in [0.15, 0.2) is 47.4 Å². The summed E-state index contributed by atoms with van der Waals surface area (Å²) < 4.78 is 28.4. The number of nitrogens with zero attached hydrogens (tertiary/aromatic N) is 2. The van der Waals surface area contributed by atoms with E-state index in [9.17, 15) is 13.2 Å². The molecule has 0 N–H and O–H groups in total. The quantitative estimate of drug-likeness (QED) is 0.427. The Hall–Kier alpha value is -1.64. The van der Waals surface area contributed by atoms with Gasteiger partial charge in [-0.15, -0.1) is 11.3 Å². The van der Waals surface area contributed by atoms with Crippen molar-refractivity contribution >= 4 is 60.6 Å². The molecular formula is C23H24Cl2N2O3S2. The second kappa shape index (κ2) is 9.69. The van der Waals surface area contributed by atoms with E-state index in [-0.39, 0.29) is 19.0 Å². The Morgan fingerprint density at radius 1 is 1.03 bits per heavy atom. The first-order chi connectivity index (χ1) is 15.3. The van der Waals surface area contributed by atoms with Crippen molar-refractivity contribution in [1.82, 2.24) is 9.21 Å². The Labute approximate surface area is 202 Å². The van der Waals surface area contributed by atoms with Gasteiger partial charge in [-0.3, -0.25) is 4.79 Å². The molecule has 0 spiro atoms. The average molecular weight is 511 g/mol. The van der Waals surface area contributed by atoms with Crippen LogP contribution in [0.5, 0.6) is 0 Å². The van der Waals surface area contributed by atoms with Gasteiger partial charge in [-0.2, -0.15) is 4.31 Å². The minimum atomic E-state index is -3.59. The molecule has 1 amide bonds. The molecule has 1 aliphatic heterocycles. The Morgan fingerprint density at radius 2 is 1.72 bits per heavy atom. The lowest BCUT2D eigenvalue weighted by atomic mass is 10.1. The van der Waals surface area contributed by atoms with Gasteiger partial charge >= 0.3 is 0 Å². The van der Waals surface area contributed by atoms with Crippen molar-refractivity contribution < 1.29 is 13.2 Å². The second-order valence-corrected chi connectivity index (χ2v) is 11.6. The summed E-state index contributed by atoms with van der Waals surface area (Å²) in [6, 6.07) is 12.5. The van der Waals surface area contributed by atoms with Crippen LogP contribution in [-0.2, 0) is 16.4 Å². The number of carbonyl (C=O) groups excluding carboxylic acids is 1. The zero-order valence-electron chi connectivity index (χ0n) is 17.7. The molecule has 1 saturated heterocycles. The molecule has 1 fully saturated rings. The summed E-state index contributed by atoms with van der Waals surface area (Å²) in [7, 11) is -3.59. The topological polar surface area (TPSA) is 57.7 Å². The zero-order chi connectivity index (χ0) is 22.9. The number of fused-ring (bicyclic) bond motifs is 1. The van der Waals surface area contributed by atoms with Crippen molar-refractivity contribution in [1.29, 1.82) is 0 Å². The first kappa shape index (κ1) is 23.5. The summed E-state index contributed by atoms with van der Waals surface area (Å²) in [6.45, 7) is 3.27. The number of amides is 1. The second-order valence-electron chi connectivity index (χ2n) is 7.83. The Balaban J connectivity index is 1.44. The normalized spacial score (nSPS) is 15.4. The third-order valence-electron chi connectivity index (χ3n) is 5.69. The number of carbonyl (C=O) groups is 1. The summed E-state index contributed by atoms with van der Waals surface area (Å²) in [5.41, 5.74) is 1.14. The Kier molecular flexibility index (Phi) is 7.12. The number of halogens is 2. The maximum atomic E-state index is 13.1. The van der Waals surface area contributed by atoms with E-state index in [1.807, 2.05) is 18.2 Å². The van der Waals surface area contributed by atoms with E-state index in [2.05, 4.69) is 6.92 Å². The molecule has 5 nitrogen and oxygen atoms in total. The number of hydrogen-bond donors (Lipinski definition) is 0.